The Kier molecular flexibility index (Phi) is 7.15. The quantitative estimate of drug-likeness (QED) is 0.510. The normalized spacial score (nSPS) is 17.9. The molecule has 0 saturated heterocycles. The lowest BCUT2D eigenvalue weighted by Gasteiger charge is -2.30. The first kappa shape index (κ1) is 26.1. The van der Waals surface area contributed by atoms with Crippen molar-refractivity contribution in [3.8, 4) is 11.1 Å². The first-order valence-corrected chi connectivity index (χ1v) is 12.0. The summed E-state index contributed by atoms with van der Waals surface area (Å²) in [5.74, 6) is -1.38. The smallest absolute Gasteiger partial charge is 0.407 e. The van der Waals surface area contributed by atoms with Crippen LogP contribution in [0.5, 0.6) is 0 Å². The van der Waals surface area contributed by atoms with E-state index in [0.29, 0.717) is 25.7 Å². The number of H-pyrrole nitrogens is 1. The number of hydrogen-bond donors (Lipinski definition) is 2. The topological polar surface area (TPSA) is 132 Å². The first-order valence-electron chi connectivity index (χ1n) is 12.0. The van der Waals surface area contributed by atoms with Gasteiger partial charge in [-0.1, -0.05) is 12.1 Å². The second-order valence-corrected chi connectivity index (χ2v) is 10.0. The van der Waals surface area contributed by atoms with E-state index < -0.39 is 40.8 Å². The summed E-state index contributed by atoms with van der Waals surface area (Å²) in [6.45, 7) is 5.33. The number of rotatable bonds is 4. The summed E-state index contributed by atoms with van der Waals surface area (Å²) >= 11 is 0. The van der Waals surface area contributed by atoms with E-state index in [-0.39, 0.29) is 33.8 Å². The van der Waals surface area contributed by atoms with E-state index in [1.54, 1.807) is 32.9 Å². The van der Waals surface area contributed by atoms with E-state index in [1.165, 1.54) is 19.2 Å². The molecule has 37 heavy (non-hydrogen) atoms. The maximum atomic E-state index is 15.1. The minimum Gasteiger partial charge on any atom is -0.465 e. The molecule has 0 bridgehead atoms. The van der Waals surface area contributed by atoms with Gasteiger partial charge in [0.15, 0.2) is 0 Å². The van der Waals surface area contributed by atoms with E-state index in [1.807, 2.05) is 0 Å². The molecule has 1 aliphatic carbocycles. The SMILES string of the molecule is COC(=O)c1cccc(-c2c(F)cnc3[nH]c(=O)n(C4CCC(NC(=O)OC(C)(C)C)CC4)c(=O)c23)c1. The molecule has 0 spiro atoms. The third-order valence-corrected chi connectivity index (χ3v) is 6.26. The number of benzene rings is 1. The number of hydrogen-bond acceptors (Lipinski definition) is 7. The zero-order valence-electron chi connectivity index (χ0n) is 21.1. The van der Waals surface area contributed by atoms with Gasteiger partial charge in [0.2, 0.25) is 0 Å². The van der Waals surface area contributed by atoms with Crippen molar-refractivity contribution in [3.63, 3.8) is 0 Å². The molecule has 1 aromatic carbocycles. The maximum absolute atomic E-state index is 15.1. The van der Waals surface area contributed by atoms with Crippen LogP contribution in [0, 0.1) is 5.82 Å². The zero-order valence-corrected chi connectivity index (χ0v) is 21.1. The molecule has 3 aromatic rings. The van der Waals surface area contributed by atoms with Crippen LogP contribution in [0.2, 0.25) is 0 Å². The fourth-order valence-electron chi connectivity index (χ4n) is 4.65. The number of esters is 1. The molecule has 0 aliphatic heterocycles. The zero-order chi connectivity index (χ0) is 26.9. The van der Waals surface area contributed by atoms with Crippen LogP contribution in [-0.2, 0) is 9.47 Å². The summed E-state index contributed by atoms with van der Waals surface area (Å²) in [4.78, 5) is 57.2. The van der Waals surface area contributed by atoms with Gasteiger partial charge in [-0.25, -0.2) is 23.8 Å². The molecule has 10 nitrogen and oxygen atoms in total. The highest BCUT2D eigenvalue weighted by Gasteiger charge is 2.28. The standard InChI is InChI=1S/C26H29FN4O6/c1-26(2,3)37-25(35)29-16-8-10-17(11-9-16)31-22(32)20-19(18(27)13-28-21(20)30-24(31)34)14-6-5-7-15(12-14)23(33)36-4/h5-7,12-13,16-17H,8-11H2,1-4H3,(H,29,35)(H,28,30,34). The Morgan fingerprint density at radius 1 is 1.16 bits per heavy atom. The number of aromatic nitrogens is 3. The van der Waals surface area contributed by atoms with Crippen molar-refractivity contribution in [2.75, 3.05) is 7.11 Å². The number of carbonyl (C=O) groups excluding carboxylic acids is 2. The molecule has 1 aliphatic rings. The number of methoxy groups -OCH3 is 1. The molecule has 0 atom stereocenters. The highest BCUT2D eigenvalue weighted by atomic mass is 19.1. The van der Waals surface area contributed by atoms with Gasteiger partial charge < -0.3 is 14.8 Å². The second kappa shape index (κ2) is 10.2. The van der Waals surface area contributed by atoms with Gasteiger partial charge in [-0.05, 0) is 64.2 Å². The Morgan fingerprint density at radius 2 is 1.86 bits per heavy atom. The summed E-state index contributed by atoms with van der Waals surface area (Å²) in [6.07, 6.45) is 2.37. The number of amides is 1. The van der Waals surface area contributed by atoms with Gasteiger partial charge >= 0.3 is 17.8 Å². The molecule has 1 amide bonds. The molecule has 196 valence electrons. The Bertz CT molecular complexity index is 1460. The first-order chi connectivity index (χ1) is 17.5. The molecule has 2 N–H and O–H groups in total. The van der Waals surface area contributed by atoms with Crippen molar-refractivity contribution in [1.29, 1.82) is 0 Å². The third kappa shape index (κ3) is 5.55. The Morgan fingerprint density at radius 3 is 2.51 bits per heavy atom. The summed E-state index contributed by atoms with van der Waals surface area (Å²) < 4.78 is 26.2. The molecular formula is C26H29FN4O6. The molecule has 4 rings (SSSR count). The average molecular weight is 513 g/mol. The second-order valence-electron chi connectivity index (χ2n) is 10.0. The van der Waals surface area contributed by atoms with E-state index in [2.05, 4.69) is 15.3 Å². The van der Waals surface area contributed by atoms with Crippen molar-refractivity contribution in [2.24, 2.45) is 0 Å². The molecule has 0 unspecified atom stereocenters. The van der Waals surface area contributed by atoms with E-state index in [9.17, 15) is 19.2 Å². The van der Waals surface area contributed by atoms with Crippen LogP contribution < -0.4 is 16.6 Å². The molecule has 1 fully saturated rings. The highest BCUT2D eigenvalue weighted by molar-refractivity contribution is 5.95. The molecule has 1 saturated carbocycles. The largest absolute Gasteiger partial charge is 0.465 e. The summed E-state index contributed by atoms with van der Waals surface area (Å²) in [5, 5.41) is 2.74. The number of nitrogens with one attached hydrogen (secondary N) is 2. The van der Waals surface area contributed by atoms with E-state index >= 15 is 4.39 Å². The number of pyridine rings is 1. The number of fused-ring (bicyclic) bond motifs is 1. The Balaban J connectivity index is 1.69. The van der Waals surface area contributed by atoms with Gasteiger partial charge in [0.05, 0.1) is 24.3 Å². The van der Waals surface area contributed by atoms with Crippen LogP contribution in [0.1, 0.15) is 62.9 Å². The van der Waals surface area contributed by atoms with Gasteiger partial charge in [-0.15, -0.1) is 0 Å². The number of nitrogens with zero attached hydrogens (tertiary/aromatic N) is 2. The molecular weight excluding hydrogens is 483 g/mol. The van der Waals surface area contributed by atoms with Gasteiger partial charge in [0, 0.05) is 17.6 Å². The predicted octanol–water partition coefficient (Wildman–Crippen LogP) is 3.69. The van der Waals surface area contributed by atoms with E-state index in [0.717, 1.165) is 10.8 Å². The van der Waals surface area contributed by atoms with Gasteiger partial charge in [0.25, 0.3) is 5.56 Å². The minimum absolute atomic E-state index is 0.0496. The molecule has 2 aromatic heterocycles. The molecule has 2 heterocycles. The summed E-state index contributed by atoms with van der Waals surface area (Å²) in [5.41, 5.74) is -1.59. The lowest BCUT2D eigenvalue weighted by atomic mass is 9.91. The van der Waals surface area contributed by atoms with Crippen molar-refractivity contribution >= 4 is 23.1 Å². The average Bonchev–Trinajstić information content (AvgIpc) is 2.83. The number of ether oxygens (including phenoxy) is 2. The van der Waals surface area contributed by atoms with Crippen LogP contribution in [0.25, 0.3) is 22.2 Å². The van der Waals surface area contributed by atoms with Crippen LogP contribution >= 0.6 is 0 Å². The number of halogens is 1. The molecule has 11 heteroatoms. The number of carbonyl (C=O) groups is 2. The highest BCUT2D eigenvalue weighted by Crippen LogP contribution is 2.30. The van der Waals surface area contributed by atoms with Gasteiger partial charge in [0.1, 0.15) is 17.1 Å². The number of aromatic amines is 1. The van der Waals surface area contributed by atoms with Gasteiger partial charge in [-0.2, -0.15) is 0 Å². The predicted molar refractivity (Wildman–Crippen MR) is 134 cm³/mol. The monoisotopic (exact) mass is 512 g/mol. The number of alkyl carbamates (subject to hydrolysis) is 1. The lowest BCUT2D eigenvalue weighted by molar-refractivity contribution is 0.0486. The van der Waals surface area contributed by atoms with Crippen molar-refractivity contribution in [3.05, 3.63) is 62.7 Å². The molecule has 0 radical (unpaired) electrons. The third-order valence-electron chi connectivity index (χ3n) is 6.26. The van der Waals surface area contributed by atoms with E-state index in [4.69, 9.17) is 9.47 Å². The van der Waals surface area contributed by atoms with Gasteiger partial charge in [-0.3, -0.25) is 14.3 Å². The minimum atomic E-state index is -0.768. The summed E-state index contributed by atoms with van der Waals surface area (Å²) in [7, 11) is 1.23. The van der Waals surface area contributed by atoms with Crippen LogP contribution in [0.4, 0.5) is 9.18 Å². The summed E-state index contributed by atoms with van der Waals surface area (Å²) in [6, 6.07) is 5.45. The Hall–Kier alpha value is -4.02. The fraction of sp³-hybridized carbons (Fsp3) is 0.423. The van der Waals surface area contributed by atoms with Crippen molar-refractivity contribution < 1.29 is 23.5 Å². The maximum Gasteiger partial charge on any atom is 0.407 e. The van der Waals surface area contributed by atoms with Crippen molar-refractivity contribution in [1.82, 2.24) is 19.9 Å². The van der Waals surface area contributed by atoms with Crippen molar-refractivity contribution in [2.45, 2.75) is 64.1 Å². The fourth-order valence-corrected chi connectivity index (χ4v) is 4.65. The Labute approximate surface area is 211 Å². The van der Waals surface area contributed by atoms with Crippen LogP contribution in [0.3, 0.4) is 0 Å². The van der Waals surface area contributed by atoms with Crippen LogP contribution in [-0.4, -0.2) is 45.4 Å². The lowest BCUT2D eigenvalue weighted by Crippen LogP contribution is -2.44. The van der Waals surface area contributed by atoms with Crippen LogP contribution in [0.15, 0.2) is 40.1 Å².